The van der Waals surface area contributed by atoms with E-state index in [0.717, 1.165) is 12.2 Å². The summed E-state index contributed by atoms with van der Waals surface area (Å²) in [5.74, 6) is 0.944. The molecule has 0 rings (SSSR count). The highest BCUT2D eigenvalue weighted by atomic mass is 16.5. The molecule has 0 N–H and O–H groups in total. The molecule has 0 unspecified atom stereocenters. The third-order valence-electron chi connectivity index (χ3n) is 1.47. The maximum Gasteiger partial charge on any atom is 0.114 e. The molecular formula is C9H16O. The van der Waals surface area contributed by atoms with Crippen molar-refractivity contribution in [3.8, 4) is 0 Å². The fourth-order valence-electron chi connectivity index (χ4n) is 0.605. The van der Waals surface area contributed by atoms with E-state index in [1.54, 1.807) is 7.11 Å². The van der Waals surface area contributed by atoms with Crippen molar-refractivity contribution in [2.45, 2.75) is 27.2 Å². The van der Waals surface area contributed by atoms with Crippen LogP contribution in [0.5, 0.6) is 0 Å². The van der Waals surface area contributed by atoms with Gasteiger partial charge in [-0.15, -0.1) is 0 Å². The molecule has 58 valence electrons. The topological polar surface area (TPSA) is 9.23 Å². The van der Waals surface area contributed by atoms with Gasteiger partial charge in [0.15, 0.2) is 0 Å². The molecule has 1 heteroatoms. The van der Waals surface area contributed by atoms with Gasteiger partial charge in [0.25, 0.3) is 0 Å². The Bertz CT molecular complexity index is 143. The summed E-state index contributed by atoms with van der Waals surface area (Å²) in [6, 6.07) is 0. The molecule has 0 heterocycles. The monoisotopic (exact) mass is 140 g/mol. The van der Waals surface area contributed by atoms with Gasteiger partial charge in [0.1, 0.15) is 5.76 Å². The summed E-state index contributed by atoms with van der Waals surface area (Å²) in [5, 5.41) is 0. The first kappa shape index (κ1) is 9.28. The van der Waals surface area contributed by atoms with Gasteiger partial charge < -0.3 is 4.74 Å². The Morgan fingerprint density at radius 2 is 2.10 bits per heavy atom. The van der Waals surface area contributed by atoms with E-state index in [-0.39, 0.29) is 0 Å². The van der Waals surface area contributed by atoms with Crippen molar-refractivity contribution in [2.24, 2.45) is 0 Å². The van der Waals surface area contributed by atoms with Gasteiger partial charge in [-0.25, -0.2) is 0 Å². The first-order chi connectivity index (χ1) is 4.74. The van der Waals surface area contributed by atoms with Gasteiger partial charge in [0, 0.05) is 0 Å². The minimum atomic E-state index is 0.944. The number of ether oxygens (including phenoxy) is 1. The molecule has 0 amide bonds. The maximum absolute atomic E-state index is 5.06. The molecular weight excluding hydrogens is 124 g/mol. The highest BCUT2D eigenvalue weighted by Crippen LogP contribution is 2.05. The van der Waals surface area contributed by atoms with E-state index in [1.165, 1.54) is 5.57 Å². The molecule has 0 aromatic heterocycles. The second-order valence-corrected chi connectivity index (χ2v) is 2.24. The molecule has 1 nitrogen and oxygen atoms in total. The summed E-state index contributed by atoms with van der Waals surface area (Å²) in [6.45, 7) is 6.20. The van der Waals surface area contributed by atoms with E-state index < -0.39 is 0 Å². The average Bonchev–Trinajstić information content (AvgIpc) is 1.99. The van der Waals surface area contributed by atoms with Crippen LogP contribution in [0, 0.1) is 0 Å². The summed E-state index contributed by atoms with van der Waals surface area (Å²) in [4.78, 5) is 0. The van der Waals surface area contributed by atoms with Crippen LogP contribution in [-0.2, 0) is 4.74 Å². The van der Waals surface area contributed by atoms with Crippen molar-refractivity contribution in [1.29, 1.82) is 0 Å². The second kappa shape index (κ2) is 5.10. The van der Waals surface area contributed by atoms with Crippen LogP contribution in [0.2, 0.25) is 0 Å². The third-order valence-corrected chi connectivity index (χ3v) is 1.47. The van der Waals surface area contributed by atoms with Crippen LogP contribution < -0.4 is 0 Å². The highest BCUT2D eigenvalue weighted by molar-refractivity contribution is 5.16. The van der Waals surface area contributed by atoms with Crippen molar-refractivity contribution >= 4 is 0 Å². The summed E-state index contributed by atoms with van der Waals surface area (Å²) < 4.78 is 5.06. The van der Waals surface area contributed by atoms with E-state index in [1.807, 2.05) is 13.0 Å². The largest absolute Gasteiger partial charge is 0.497 e. The summed E-state index contributed by atoms with van der Waals surface area (Å²) in [6.07, 6.45) is 5.10. The van der Waals surface area contributed by atoms with Crippen molar-refractivity contribution in [3.05, 3.63) is 23.5 Å². The molecule has 10 heavy (non-hydrogen) atoms. The van der Waals surface area contributed by atoms with E-state index in [9.17, 15) is 0 Å². The Balaban J connectivity index is 4.08. The zero-order chi connectivity index (χ0) is 7.98. The van der Waals surface area contributed by atoms with Gasteiger partial charge >= 0.3 is 0 Å². The number of hydrogen-bond acceptors (Lipinski definition) is 1. The predicted octanol–water partition coefficient (Wildman–Crippen LogP) is 2.89. The Hall–Kier alpha value is -0.720. The van der Waals surface area contributed by atoms with Crippen molar-refractivity contribution in [1.82, 2.24) is 0 Å². The maximum atomic E-state index is 5.06. The standard InChI is InChI=1S/C9H16O/c1-5-8(3)7-9(6-2)10-4/h6-7H,5H2,1-4H3/b8-7+,9-6+. The van der Waals surface area contributed by atoms with Crippen LogP contribution in [0.1, 0.15) is 27.2 Å². The Morgan fingerprint density at radius 3 is 2.40 bits per heavy atom. The Labute approximate surface area is 63.4 Å². The number of rotatable bonds is 3. The second-order valence-electron chi connectivity index (χ2n) is 2.24. The van der Waals surface area contributed by atoms with E-state index >= 15 is 0 Å². The van der Waals surface area contributed by atoms with Gasteiger partial charge in [-0.2, -0.15) is 0 Å². The van der Waals surface area contributed by atoms with E-state index in [0.29, 0.717) is 0 Å². The van der Waals surface area contributed by atoms with Gasteiger partial charge in [-0.3, -0.25) is 0 Å². The lowest BCUT2D eigenvalue weighted by atomic mass is 10.2. The zero-order valence-corrected chi connectivity index (χ0v) is 7.27. The summed E-state index contributed by atoms with van der Waals surface area (Å²) >= 11 is 0. The predicted molar refractivity (Wildman–Crippen MR) is 44.8 cm³/mol. The molecule has 0 saturated carbocycles. The van der Waals surface area contributed by atoms with E-state index in [4.69, 9.17) is 4.74 Å². The van der Waals surface area contributed by atoms with Crippen LogP contribution in [0.15, 0.2) is 23.5 Å². The lowest BCUT2D eigenvalue weighted by Crippen LogP contribution is -1.82. The summed E-state index contributed by atoms with van der Waals surface area (Å²) in [5.41, 5.74) is 1.34. The molecule has 0 aliphatic rings. The minimum Gasteiger partial charge on any atom is -0.497 e. The van der Waals surface area contributed by atoms with Crippen LogP contribution in [0.4, 0.5) is 0 Å². The van der Waals surface area contributed by atoms with Crippen LogP contribution in [0.3, 0.4) is 0 Å². The number of hydrogen-bond donors (Lipinski definition) is 0. The fourth-order valence-corrected chi connectivity index (χ4v) is 0.605. The molecule has 0 aliphatic heterocycles. The van der Waals surface area contributed by atoms with E-state index in [2.05, 4.69) is 19.9 Å². The quantitative estimate of drug-likeness (QED) is 0.432. The smallest absolute Gasteiger partial charge is 0.114 e. The van der Waals surface area contributed by atoms with Gasteiger partial charge in [-0.1, -0.05) is 12.5 Å². The highest BCUT2D eigenvalue weighted by Gasteiger charge is 1.88. The molecule has 0 saturated heterocycles. The lowest BCUT2D eigenvalue weighted by Gasteiger charge is -2.00. The van der Waals surface area contributed by atoms with Crippen molar-refractivity contribution in [2.75, 3.05) is 7.11 Å². The molecule has 0 radical (unpaired) electrons. The minimum absolute atomic E-state index is 0.944. The molecule has 0 atom stereocenters. The van der Waals surface area contributed by atoms with Crippen molar-refractivity contribution in [3.63, 3.8) is 0 Å². The first-order valence-corrected chi connectivity index (χ1v) is 3.62. The van der Waals surface area contributed by atoms with Crippen LogP contribution in [-0.4, -0.2) is 7.11 Å². The Kier molecular flexibility index (Phi) is 4.73. The molecule has 0 fully saturated rings. The van der Waals surface area contributed by atoms with Crippen molar-refractivity contribution < 1.29 is 4.74 Å². The fraction of sp³-hybridized carbons (Fsp3) is 0.556. The summed E-state index contributed by atoms with van der Waals surface area (Å²) in [7, 11) is 1.69. The third kappa shape index (κ3) is 3.33. The zero-order valence-electron chi connectivity index (χ0n) is 7.27. The van der Waals surface area contributed by atoms with Crippen LogP contribution in [0.25, 0.3) is 0 Å². The molecule has 0 aromatic rings. The first-order valence-electron chi connectivity index (χ1n) is 3.62. The lowest BCUT2D eigenvalue weighted by molar-refractivity contribution is 0.305. The van der Waals surface area contributed by atoms with Crippen LogP contribution >= 0.6 is 0 Å². The molecule has 0 bridgehead atoms. The number of allylic oxidation sites excluding steroid dienone is 3. The normalized spacial score (nSPS) is 13.6. The molecule has 0 aliphatic carbocycles. The Morgan fingerprint density at radius 1 is 1.50 bits per heavy atom. The average molecular weight is 140 g/mol. The molecule has 0 aromatic carbocycles. The van der Waals surface area contributed by atoms with Gasteiger partial charge in [0.05, 0.1) is 7.11 Å². The van der Waals surface area contributed by atoms with Gasteiger partial charge in [0.2, 0.25) is 0 Å². The SMILES string of the molecule is C/C=C(\C=C(/C)CC)OC. The number of methoxy groups -OCH3 is 1. The molecule has 0 spiro atoms. The van der Waals surface area contributed by atoms with Gasteiger partial charge in [-0.05, 0) is 32.4 Å².